The molecule has 0 radical (unpaired) electrons. The summed E-state index contributed by atoms with van der Waals surface area (Å²) in [6, 6.07) is 6.23. The molecule has 31 heavy (non-hydrogen) atoms. The third-order valence-electron chi connectivity index (χ3n) is 4.97. The number of halogens is 1. The van der Waals surface area contributed by atoms with Crippen molar-refractivity contribution >= 4 is 17.7 Å². The minimum Gasteiger partial charge on any atom is -0.493 e. The van der Waals surface area contributed by atoms with E-state index < -0.39 is 5.69 Å². The first kappa shape index (κ1) is 19.0. The Kier molecular flexibility index (Phi) is 4.50. The van der Waals surface area contributed by atoms with E-state index in [1.807, 2.05) is 6.92 Å². The number of nitrogens with zero attached hydrogens (tertiary/aromatic N) is 5. The smallest absolute Gasteiger partial charge is 0.326 e. The SMILES string of the molecule is C[C@@H](Nc1nc(=NC2CC2)n2ncc(=Cc3[nH]c(=O)[nH]c3O)c2n1)c1ccc(F)cc1. The van der Waals surface area contributed by atoms with Crippen LogP contribution in [-0.4, -0.2) is 40.7 Å². The Labute approximate surface area is 174 Å². The van der Waals surface area contributed by atoms with Crippen LogP contribution in [0.1, 0.15) is 37.1 Å². The van der Waals surface area contributed by atoms with Crippen LogP contribution in [-0.2, 0) is 0 Å². The zero-order valence-corrected chi connectivity index (χ0v) is 16.5. The van der Waals surface area contributed by atoms with Crippen molar-refractivity contribution in [1.29, 1.82) is 0 Å². The molecule has 1 aliphatic carbocycles. The van der Waals surface area contributed by atoms with Crippen LogP contribution in [0.2, 0.25) is 0 Å². The average molecular weight is 422 g/mol. The molecule has 10 nitrogen and oxygen atoms in total. The molecule has 3 aromatic heterocycles. The van der Waals surface area contributed by atoms with Crippen molar-refractivity contribution in [3.05, 3.63) is 68.9 Å². The molecule has 3 heterocycles. The Bertz CT molecular complexity index is 1430. The van der Waals surface area contributed by atoms with E-state index in [9.17, 15) is 14.3 Å². The minimum atomic E-state index is -0.519. The lowest BCUT2D eigenvalue weighted by atomic mass is 10.1. The predicted molar refractivity (Wildman–Crippen MR) is 110 cm³/mol. The average Bonchev–Trinajstić information content (AvgIpc) is 3.37. The summed E-state index contributed by atoms with van der Waals surface area (Å²) >= 11 is 0. The quantitative estimate of drug-likeness (QED) is 0.375. The van der Waals surface area contributed by atoms with Gasteiger partial charge >= 0.3 is 5.69 Å². The van der Waals surface area contributed by atoms with Crippen molar-refractivity contribution in [2.75, 3.05) is 5.32 Å². The molecule has 1 fully saturated rings. The van der Waals surface area contributed by atoms with E-state index in [0.717, 1.165) is 18.4 Å². The van der Waals surface area contributed by atoms with Crippen molar-refractivity contribution in [2.45, 2.75) is 31.8 Å². The minimum absolute atomic E-state index is 0.183. The summed E-state index contributed by atoms with van der Waals surface area (Å²) in [7, 11) is 0. The third kappa shape index (κ3) is 3.89. The van der Waals surface area contributed by atoms with E-state index in [2.05, 4.69) is 35.3 Å². The summed E-state index contributed by atoms with van der Waals surface area (Å²) < 4.78 is 14.8. The Hall–Kier alpha value is -4.02. The molecule has 0 aliphatic heterocycles. The molecular formula is C20H19FN8O2. The highest BCUT2D eigenvalue weighted by Crippen LogP contribution is 2.22. The second-order valence-electron chi connectivity index (χ2n) is 7.45. The molecule has 1 aliphatic rings. The van der Waals surface area contributed by atoms with Gasteiger partial charge in [-0.1, -0.05) is 12.1 Å². The molecular weight excluding hydrogens is 403 g/mol. The molecule has 1 aromatic carbocycles. The molecule has 5 rings (SSSR count). The first-order valence-corrected chi connectivity index (χ1v) is 9.81. The van der Waals surface area contributed by atoms with Crippen LogP contribution in [0.15, 0.2) is 40.2 Å². The summed E-state index contributed by atoms with van der Waals surface area (Å²) in [6.45, 7) is 1.92. The second-order valence-corrected chi connectivity index (χ2v) is 7.45. The monoisotopic (exact) mass is 422 g/mol. The molecule has 4 N–H and O–H groups in total. The molecule has 0 unspecified atom stereocenters. The Morgan fingerprint density at radius 3 is 2.74 bits per heavy atom. The first-order valence-electron chi connectivity index (χ1n) is 9.81. The fourth-order valence-electron chi connectivity index (χ4n) is 3.17. The fourth-order valence-corrected chi connectivity index (χ4v) is 3.17. The zero-order chi connectivity index (χ0) is 21.5. The number of imidazole rings is 1. The van der Waals surface area contributed by atoms with Gasteiger partial charge in [-0.3, -0.25) is 4.98 Å². The summed E-state index contributed by atoms with van der Waals surface area (Å²) in [6.07, 6.45) is 5.13. The Balaban J connectivity index is 1.61. The maximum atomic E-state index is 13.2. The van der Waals surface area contributed by atoms with E-state index in [1.165, 1.54) is 16.6 Å². The molecule has 0 saturated heterocycles. The number of fused-ring (bicyclic) bond motifs is 1. The number of aromatic amines is 2. The van der Waals surface area contributed by atoms with Gasteiger partial charge in [-0.25, -0.2) is 14.2 Å². The van der Waals surface area contributed by atoms with E-state index >= 15 is 0 Å². The topological polar surface area (TPSA) is 136 Å². The van der Waals surface area contributed by atoms with Crippen molar-refractivity contribution < 1.29 is 9.50 Å². The zero-order valence-electron chi connectivity index (χ0n) is 16.5. The van der Waals surface area contributed by atoms with Crippen molar-refractivity contribution in [2.24, 2.45) is 4.99 Å². The van der Waals surface area contributed by atoms with Gasteiger partial charge in [0.1, 0.15) is 11.5 Å². The summed E-state index contributed by atoms with van der Waals surface area (Å²) in [5.41, 5.74) is 1.45. The normalized spacial score (nSPS) is 16.2. The number of rotatable bonds is 5. The van der Waals surface area contributed by atoms with Crippen LogP contribution in [0, 0.1) is 5.82 Å². The summed E-state index contributed by atoms with van der Waals surface area (Å²) in [5, 5.41) is 18.0. The van der Waals surface area contributed by atoms with Crippen molar-refractivity contribution in [3.63, 3.8) is 0 Å². The van der Waals surface area contributed by atoms with Gasteiger partial charge in [-0.2, -0.15) is 19.6 Å². The lowest BCUT2D eigenvalue weighted by Crippen LogP contribution is -2.25. The number of hydrogen-bond acceptors (Lipinski definition) is 7. The molecule has 1 atom stereocenters. The lowest BCUT2D eigenvalue weighted by molar-refractivity contribution is 0.454. The Morgan fingerprint density at radius 2 is 2.06 bits per heavy atom. The second kappa shape index (κ2) is 7.35. The Morgan fingerprint density at radius 1 is 1.29 bits per heavy atom. The predicted octanol–water partition coefficient (Wildman–Crippen LogP) is 0.769. The van der Waals surface area contributed by atoms with Gasteiger partial charge in [0.15, 0.2) is 5.65 Å². The number of anilines is 1. The standard InChI is InChI=1S/C20H19FN8O2/c1-10(11-2-4-13(21)5-3-11)23-18-26-16-12(8-15-17(30)27-20(31)25-15)9-22-29(16)19(28-18)24-14-6-7-14/h2-5,8-10,14,30H,6-7H2,1H3,(H,23,24,28)(H2,25,27,31)/t10-/m1/s1. The van der Waals surface area contributed by atoms with E-state index in [0.29, 0.717) is 22.4 Å². The molecule has 0 spiro atoms. The molecule has 4 aromatic rings. The van der Waals surface area contributed by atoms with Crippen LogP contribution in [0.5, 0.6) is 5.88 Å². The van der Waals surface area contributed by atoms with E-state index in [-0.39, 0.29) is 29.5 Å². The molecule has 158 valence electrons. The summed E-state index contributed by atoms with van der Waals surface area (Å²) in [4.78, 5) is 29.9. The van der Waals surface area contributed by atoms with Crippen LogP contribution in [0.3, 0.4) is 0 Å². The van der Waals surface area contributed by atoms with Crippen LogP contribution >= 0.6 is 0 Å². The van der Waals surface area contributed by atoms with E-state index in [1.54, 1.807) is 24.4 Å². The molecule has 1 saturated carbocycles. The number of aromatic hydroxyl groups is 1. The highest BCUT2D eigenvalue weighted by Gasteiger charge is 2.21. The summed E-state index contributed by atoms with van der Waals surface area (Å²) in [5.74, 6) is -0.236. The number of aromatic nitrogens is 6. The maximum absolute atomic E-state index is 13.2. The number of hydrogen-bond donors (Lipinski definition) is 4. The first-order chi connectivity index (χ1) is 15.0. The maximum Gasteiger partial charge on any atom is 0.326 e. The van der Waals surface area contributed by atoms with Gasteiger partial charge in [0.2, 0.25) is 11.8 Å². The molecule has 11 heteroatoms. The van der Waals surface area contributed by atoms with Crippen LogP contribution < -0.4 is 21.8 Å². The van der Waals surface area contributed by atoms with Gasteiger partial charge in [-0.15, -0.1) is 0 Å². The van der Waals surface area contributed by atoms with Gasteiger partial charge in [0, 0.05) is 5.22 Å². The van der Waals surface area contributed by atoms with E-state index in [4.69, 9.17) is 0 Å². The third-order valence-corrected chi connectivity index (χ3v) is 4.97. The number of benzene rings is 1. The van der Waals surface area contributed by atoms with Crippen LogP contribution in [0.4, 0.5) is 10.3 Å². The van der Waals surface area contributed by atoms with Crippen molar-refractivity contribution in [3.8, 4) is 5.88 Å². The van der Waals surface area contributed by atoms with Gasteiger partial charge in [0.25, 0.3) is 5.62 Å². The van der Waals surface area contributed by atoms with Gasteiger partial charge in [0.05, 0.1) is 18.3 Å². The number of nitrogens with one attached hydrogen (secondary N) is 3. The molecule has 0 bridgehead atoms. The highest BCUT2D eigenvalue weighted by atomic mass is 19.1. The van der Waals surface area contributed by atoms with Gasteiger partial charge in [-0.05, 0) is 43.5 Å². The lowest BCUT2D eigenvalue weighted by Gasteiger charge is -2.14. The fraction of sp³-hybridized carbons (Fsp3) is 0.250. The van der Waals surface area contributed by atoms with Gasteiger partial charge < -0.3 is 15.4 Å². The van der Waals surface area contributed by atoms with Crippen LogP contribution in [0.25, 0.3) is 11.7 Å². The van der Waals surface area contributed by atoms with Crippen molar-refractivity contribution in [1.82, 2.24) is 29.5 Å². The highest BCUT2D eigenvalue weighted by molar-refractivity contribution is 5.57. The largest absolute Gasteiger partial charge is 0.493 e. The molecule has 0 amide bonds. The number of H-pyrrole nitrogens is 2.